The fraction of sp³-hybridized carbons (Fsp3) is 0.417. The van der Waals surface area contributed by atoms with E-state index in [1.165, 1.54) is 10.4 Å². The number of sulfonamides is 1. The van der Waals surface area contributed by atoms with Crippen LogP contribution in [0.5, 0.6) is 11.5 Å². The fourth-order valence-corrected chi connectivity index (χ4v) is 5.93. The van der Waals surface area contributed by atoms with Gasteiger partial charge in [0.25, 0.3) is 5.91 Å². The largest absolute Gasteiger partial charge is 0.494 e. The van der Waals surface area contributed by atoms with Crippen molar-refractivity contribution in [3.05, 3.63) is 42.0 Å². The van der Waals surface area contributed by atoms with E-state index in [9.17, 15) is 18.0 Å². The number of amides is 2. The number of ether oxygens (including phenoxy) is 2. The van der Waals surface area contributed by atoms with Crippen LogP contribution in [0.2, 0.25) is 0 Å². The van der Waals surface area contributed by atoms with Gasteiger partial charge in [-0.15, -0.1) is 0 Å². The summed E-state index contributed by atoms with van der Waals surface area (Å²) in [4.78, 5) is 24.9. The van der Waals surface area contributed by atoms with Crippen LogP contribution in [-0.4, -0.2) is 50.3 Å². The molecule has 1 saturated heterocycles. The van der Waals surface area contributed by atoms with Crippen molar-refractivity contribution in [3.8, 4) is 11.5 Å². The number of hydrogen-bond donors (Lipinski definition) is 2. The summed E-state index contributed by atoms with van der Waals surface area (Å²) in [5.74, 6) is 0.0708. The number of rotatable bonds is 6. The monoisotopic (exact) mass is 487 g/mol. The molecule has 2 heterocycles. The molecule has 4 rings (SSSR count). The van der Waals surface area contributed by atoms with E-state index < -0.39 is 22.0 Å². The first-order valence-electron chi connectivity index (χ1n) is 11.3. The average molecular weight is 488 g/mol. The Bertz CT molecular complexity index is 1200. The van der Waals surface area contributed by atoms with Gasteiger partial charge in [-0.05, 0) is 69.5 Å². The minimum atomic E-state index is -3.86. The first-order chi connectivity index (χ1) is 16.2. The molecule has 0 aromatic heterocycles. The molecule has 2 atom stereocenters. The van der Waals surface area contributed by atoms with Gasteiger partial charge in [0.2, 0.25) is 15.9 Å². The lowest BCUT2D eigenvalue weighted by atomic mass is 9.99. The van der Waals surface area contributed by atoms with Crippen LogP contribution in [0.1, 0.15) is 32.3 Å². The molecule has 2 aliphatic rings. The highest BCUT2D eigenvalue weighted by atomic mass is 32.2. The Hall–Kier alpha value is -3.11. The number of nitrogens with zero attached hydrogens (tertiary/aromatic N) is 1. The Kier molecular flexibility index (Phi) is 6.81. The van der Waals surface area contributed by atoms with Gasteiger partial charge >= 0.3 is 0 Å². The third-order valence-electron chi connectivity index (χ3n) is 6.01. The Morgan fingerprint density at radius 1 is 1.26 bits per heavy atom. The molecule has 0 saturated carbocycles. The highest BCUT2D eigenvalue weighted by Crippen LogP contribution is 2.36. The molecule has 182 valence electrons. The van der Waals surface area contributed by atoms with Gasteiger partial charge in [-0.1, -0.05) is 0 Å². The van der Waals surface area contributed by atoms with E-state index in [4.69, 9.17) is 9.47 Å². The topological polar surface area (TPSA) is 114 Å². The van der Waals surface area contributed by atoms with Crippen LogP contribution in [0.25, 0.3) is 0 Å². The summed E-state index contributed by atoms with van der Waals surface area (Å²) in [7, 11) is -3.86. The Morgan fingerprint density at radius 3 is 2.71 bits per heavy atom. The van der Waals surface area contributed by atoms with Crippen molar-refractivity contribution in [2.24, 2.45) is 5.92 Å². The van der Waals surface area contributed by atoms with Gasteiger partial charge in [-0.2, -0.15) is 4.31 Å². The van der Waals surface area contributed by atoms with Gasteiger partial charge in [-0.3, -0.25) is 9.59 Å². The second kappa shape index (κ2) is 9.63. The van der Waals surface area contributed by atoms with Gasteiger partial charge in [-0.25, -0.2) is 8.42 Å². The summed E-state index contributed by atoms with van der Waals surface area (Å²) in [6, 6.07) is 10.1. The Balaban J connectivity index is 1.49. The van der Waals surface area contributed by atoms with Crippen LogP contribution in [0.4, 0.5) is 11.4 Å². The Morgan fingerprint density at radius 2 is 2.00 bits per heavy atom. The highest BCUT2D eigenvalue weighted by Gasteiger charge is 2.35. The number of carbonyl (C=O) groups excluding carboxylic acids is 2. The third-order valence-corrected chi connectivity index (χ3v) is 8.02. The first kappa shape index (κ1) is 24.0. The van der Waals surface area contributed by atoms with Crippen LogP contribution in [0.3, 0.4) is 0 Å². The van der Waals surface area contributed by atoms with Gasteiger partial charge < -0.3 is 20.1 Å². The summed E-state index contributed by atoms with van der Waals surface area (Å²) < 4.78 is 39.4. The van der Waals surface area contributed by atoms with Crippen molar-refractivity contribution >= 4 is 33.2 Å². The van der Waals surface area contributed by atoms with E-state index in [-0.39, 0.29) is 23.3 Å². The van der Waals surface area contributed by atoms with Crippen molar-refractivity contribution in [3.63, 3.8) is 0 Å². The summed E-state index contributed by atoms with van der Waals surface area (Å²) in [5.41, 5.74) is 1.58. The van der Waals surface area contributed by atoms with Crippen molar-refractivity contribution in [2.75, 3.05) is 30.3 Å². The maximum atomic E-state index is 13.5. The van der Waals surface area contributed by atoms with Crippen LogP contribution in [-0.2, 0) is 19.6 Å². The minimum Gasteiger partial charge on any atom is -0.494 e. The van der Waals surface area contributed by atoms with E-state index in [1.807, 2.05) is 6.92 Å². The molecule has 0 spiro atoms. The number of carbonyl (C=O) groups is 2. The molecule has 0 bridgehead atoms. The smallest absolute Gasteiger partial charge is 0.265 e. The van der Waals surface area contributed by atoms with Crippen molar-refractivity contribution < 1.29 is 27.5 Å². The maximum Gasteiger partial charge on any atom is 0.265 e. The molecule has 2 aromatic carbocycles. The molecule has 2 aliphatic heterocycles. The Labute approximate surface area is 199 Å². The lowest BCUT2D eigenvalue weighted by Crippen LogP contribution is -2.44. The predicted molar refractivity (Wildman–Crippen MR) is 128 cm³/mol. The van der Waals surface area contributed by atoms with Crippen molar-refractivity contribution in [2.45, 2.75) is 44.6 Å². The van der Waals surface area contributed by atoms with Crippen LogP contribution in [0.15, 0.2) is 41.3 Å². The van der Waals surface area contributed by atoms with Gasteiger partial charge in [0.05, 0.1) is 23.1 Å². The minimum absolute atomic E-state index is 0.0930. The molecular formula is C24H29N3O6S. The molecule has 2 N–H and O–H groups in total. The molecule has 0 aliphatic carbocycles. The predicted octanol–water partition coefficient (Wildman–Crippen LogP) is 3.15. The zero-order valence-corrected chi connectivity index (χ0v) is 20.3. The van der Waals surface area contributed by atoms with E-state index in [2.05, 4.69) is 10.6 Å². The standard InChI is InChI=1S/C24H29N3O6S/c1-4-32-19-9-7-18(8-10-19)25-24(29)17-6-5-11-27(14-17)34(30,31)22-13-21-20(12-15(22)2)26-23(28)16(3)33-21/h7-10,12-13,16-17H,4-6,11,14H2,1-3H3,(H,25,29)(H,26,28). The summed E-state index contributed by atoms with van der Waals surface area (Å²) in [6.07, 6.45) is 0.468. The maximum absolute atomic E-state index is 13.5. The molecule has 2 amide bonds. The van der Waals surface area contributed by atoms with E-state index in [0.29, 0.717) is 54.4 Å². The molecular weight excluding hydrogens is 458 g/mol. The molecule has 2 aromatic rings. The summed E-state index contributed by atoms with van der Waals surface area (Å²) in [6.45, 7) is 6.16. The normalized spacial score (nSPS) is 20.6. The lowest BCUT2D eigenvalue weighted by Gasteiger charge is -2.32. The molecule has 0 radical (unpaired) electrons. The first-order valence-corrected chi connectivity index (χ1v) is 12.8. The number of anilines is 2. The van der Waals surface area contributed by atoms with E-state index in [0.717, 1.165) is 0 Å². The summed E-state index contributed by atoms with van der Waals surface area (Å²) >= 11 is 0. The third kappa shape index (κ3) is 4.88. The van der Waals surface area contributed by atoms with Crippen LogP contribution < -0.4 is 20.1 Å². The van der Waals surface area contributed by atoms with Crippen molar-refractivity contribution in [1.29, 1.82) is 0 Å². The van der Waals surface area contributed by atoms with Gasteiger partial charge in [0, 0.05) is 24.8 Å². The van der Waals surface area contributed by atoms with Gasteiger partial charge in [0.15, 0.2) is 6.10 Å². The number of fused-ring (bicyclic) bond motifs is 1. The summed E-state index contributed by atoms with van der Waals surface area (Å²) in [5, 5.41) is 5.61. The fourth-order valence-electron chi connectivity index (χ4n) is 4.18. The van der Waals surface area contributed by atoms with Gasteiger partial charge in [0.1, 0.15) is 11.5 Å². The second-order valence-corrected chi connectivity index (χ2v) is 10.4. The number of hydrogen-bond acceptors (Lipinski definition) is 6. The van der Waals surface area contributed by atoms with E-state index >= 15 is 0 Å². The molecule has 2 unspecified atom stereocenters. The van der Waals surface area contributed by atoms with Crippen LogP contribution >= 0.6 is 0 Å². The van der Waals surface area contributed by atoms with Crippen molar-refractivity contribution in [1.82, 2.24) is 4.31 Å². The van der Waals surface area contributed by atoms with Crippen LogP contribution in [0, 0.1) is 12.8 Å². The molecule has 1 fully saturated rings. The quantitative estimate of drug-likeness (QED) is 0.647. The molecule has 10 heteroatoms. The zero-order chi connectivity index (χ0) is 24.5. The highest BCUT2D eigenvalue weighted by molar-refractivity contribution is 7.89. The number of benzene rings is 2. The molecule has 34 heavy (non-hydrogen) atoms. The number of piperidine rings is 1. The molecule has 9 nitrogen and oxygen atoms in total. The number of nitrogens with one attached hydrogen (secondary N) is 2. The van der Waals surface area contributed by atoms with E-state index in [1.54, 1.807) is 44.2 Å². The zero-order valence-electron chi connectivity index (χ0n) is 19.5. The average Bonchev–Trinajstić information content (AvgIpc) is 2.81. The second-order valence-electron chi connectivity index (χ2n) is 8.51. The lowest BCUT2D eigenvalue weighted by molar-refractivity contribution is -0.123. The SMILES string of the molecule is CCOc1ccc(NC(=O)C2CCCN(S(=O)(=O)c3cc4c(cc3C)NC(=O)C(C)O4)C2)cc1. The number of aryl methyl sites for hydroxylation is 1.